The van der Waals surface area contributed by atoms with E-state index in [-0.39, 0.29) is 18.0 Å². The third kappa shape index (κ3) is 2.39. The Morgan fingerprint density at radius 2 is 1.70 bits per heavy atom. The molecule has 0 aromatic heterocycles. The van der Waals surface area contributed by atoms with Gasteiger partial charge < -0.3 is 5.73 Å². The number of aryl methyl sites for hydroxylation is 1. The van der Waals surface area contributed by atoms with Gasteiger partial charge >= 0.3 is 0 Å². The van der Waals surface area contributed by atoms with Gasteiger partial charge in [0.05, 0.1) is 18.0 Å². The maximum atomic E-state index is 12.6. The number of hydrogen-bond donors (Lipinski definition) is 2. The molecule has 1 aliphatic rings. The molecule has 3 N–H and O–H groups in total. The molecule has 108 valence electrons. The van der Waals surface area contributed by atoms with Gasteiger partial charge in [0.25, 0.3) is 0 Å². The molecule has 2 amide bonds. The fourth-order valence-electron chi connectivity index (χ4n) is 2.15. The molecule has 1 aromatic carbocycles. The second kappa shape index (κ2) is 4.88. The summed E-state index contributed by atoms with van der Waals surface area (Å²) in [7, 11) is -3.94. The Balaban J connectivity index is 2.53. The summed E-state index contributed by atoms with van der Waals surface area (Å²) in [6.07, 6.45) is 0. The summed E-state index contributed by atoms with van der Waals surface area (Å²) in [4.78, 5) is 22.7. The SMILES string of the molecule is Cc1ccc(N)c(C)c1S(=O)(=O)N1CC(=O)NC(=O)C1. The number of hydrogen-bond acceptors (Lipinski definition) is 5. The molecule has 0 spiro atoms. The molecule has 0 atom stereocenters. The Morgan fingerprint density at radius 1 is 1.15 bits per heavy atom. The summed E-state index contributed by atoms with van der Waals surface area (Å²) in [5, 5.41) is 2.06. The summed E-state index contributed by atoms with van der Waals surface area (Å²) in [6.45, 7) is 2.50. The minimum Gasteiger partial charge on any atom is -0.398 e. The minimum absolute atomic E-state index is 0.0556. The van der Waals surface area contributed by atoms with Gasteiger partial charge in [-0.25, -0.2) is 8.42 Å². The molecule has 1 saturated heterocycles. The van der Waals surface area contributed by atoms with Gasteiger partial charge in [-0.1, -0.05) is 6.07 Å². The third-order valence-electron chi connectivity index (χ3n) is 3.16. The molecular weight excluding hydrogens is 282 g/mol. The Hall–Kier alpha value is -1.93. The molecule has 8 heteroatoms. The Bertz CT molecular complexity index is 681. The summed E-state index contributed by atoms with van der Waals surface area (Å²) in [6, 6.07) is 3.22. The second-order valence-corrected chi connectivity index (χ2v) is 6.55. The standard InChI is InChI=1S/C12H15N3O4S/c1-7-3-4-9(13)8(2)12(7)20(18,19)15-5-10(16)14-11(17)6-15/h3-4H,5-6,13H2,1-2H3,(H,14,16,17). The normalized spacial score (nSPS) is 17.1. The average Bonchev–Trinajstić information content (AvgIpc) is 2.33. The van der Waals surface area contributed by atoms with Crippen LogP contribution in [-0.4, -0.2) is 37.6 Å². The molecule has 0 saturated carbocycles. The van der Waals surface area contributed by atoms with Crippen LogP contribution in [0.25, 0.3) is 0 Å². The zero-order valence-corrected chi connectivity index (χ0v) is 12.0. The van der Waals surface area contributed by atoms with Crippen molar-refractivity contribution in [3.8, 4) is 0 Å². The molecule has 0 aliphatic carbocycles. The first kappa shape index (κ1) is 14.5. The third-order valence-corrected chi connectivity index (χ3v) is 5.24. The smallest absolute Gasteiger partial charge is 0.244 e. The van der Waals surface area contributed by atoms with Crippen LogP contribution in [0.4, 0.5) is 5.69 Å². The summed E-state index contributed by atoms with van der Waals surface area (Å²) in [5.74, 6) is -1.27. The first-order valence-electron chi connectivity index (χ1n) is 5.92. The Morgan fingerprint density at radius 3 is 2.25 bits per heavy atom. The Kier molecular flexibility index (Phi) is 3.53. The maximum Gasteiger partial charge on any atom is 0.244 e. The predicted molar refractivity (Wildman–Crippen MR) is 72.2 cm³/mol. The van der Waals surface area contributed by atoms with Crippen LogP contribution in [0.3, 0.4) is 0 Å². The number of imide groups is 1. The largest absolute Gasteiger partial charge is 0.398 e. The lowest BCUT2D eigenvalue weighted by atomic mass is 10.1. The first-order valence-corrected chi connectivity index (χ1v) is 7.36. The monoisotopic (exact) mass is 297 g/mol. The topological polar surface area (TPSA) is 110 Å². The van der Waals surface area contributed by atoms with Crippen LogP contribution in [-0.2, 0) is 19.6 Å². The summed E-state index contributed by atoms with van der Waals surface area (Å²) >= 11 is 0. The molecule has 1 aliphatic heterocycles. The van der Waals surface area contributed by atoms with E-state index in [4.69, 9.17) is 5.73 Å². The van der Waals surface area contributed by atoms with Crippen molar-refractivity contribution in [2.45, 2.75) is 18.7 Å². The van der Waals surface area contributed by atoms with Crippen molar-refractivity contribution in [1.29, 1.82) is 0 Å². The van der Waals surface area contributed by atoms with Crippen molar-refractivity contribution in [3.05, 3.63) is 23.3 Å². The molecule has 0 radical (unpaired) electrons. The summed E-state index contributed by atoms with van der Waals surface area (Å²) < 4.78 is 26.1. The van der Waals surface area contributed by atoms with Gasteiger partial charge in [-0.3, -0.25) is 14.9 Å². The number of benzene rings is 1. The number of nitrogens with one attached hydrogen (secondary N) is 1. The van der Waals surface area contributed by atoms with E-state index in [1.54, 1.807) is 26.0 Å². The quantitative estimate of drug-likeness (QED) is 0.566. The van der Waals surface area contributed by atoms with E-state index in [2.05, 4.69) is 5.32 Å². The highest BCUT2D eigenvalue weighted by atomic mass is 32.2. The van der Waals surface area contributed by atoms with Crippen LogP contribution >= 0.6 is 0 Å². The van der Waals surface area contributed by atoms with Crippen molar-refractivity contribution in [3.63, 3.8) is 0 Å². The molecule has 1 aromatic rings. The fourth-order valence-corrected chi connectivity index (χ4v) is 3.96. The van der Waals surface area contributed by atoms with E-state index >= 15 is 0 Å². The number of nitrogens with two attached hydrogens (primary N) is 1. The number of rotatable bonds is 2. The van der Waals surface area contributed by atoms with Crippen LogP contribution in [0.2, 0.25) is 0 Å². The van der Waals surface area contributed by atoms with E-state index in [0.29, 0.717) is 16.8 Å². The van der Waals surface area contributed by atoms with E-state index < -0.39 is 21.8 Å². The number of sulfonamides is 1. The highest BCUT2D eigenvalue weighted by Crippen LogP contribution is 2.27. The lowest BCUT2D eigenvalue weighted by Crippen LogP contribution is -2.53. The molecule has 2 rings (SSSR count). The van der Waals surface area contributed by atoms with E-state index in [1.165, 1.54) is 0 Å². The number of amides is 2. The predicted octanol–water partition coefficient (Wildman–Crippen LogP) is -0.467. The van der Waals surface area contributed by atoms with Crippen molar-refractivity contribution in [2.24, 2.45) is 0 Å². The van der Waals surface area contributed by atoms with Crippen molar-refractivity contribution < 1.29 is 18.0 Å². The van der Waals surface area contributed by atoms with E-state index in [9.17, 15) is 18.0 Å². The first-order chi connectivity index (χ1) is 9.23. The van der Waals surface area contributed by atoms with Crippen LogP contribution in [0.5, 0.6) is 0 Å². The minimum atomic E-state index is -3.94. The molecule has 0 unspecified atom stereocenters. The second-order valence-electron chi connectivity index (χ2n) is 4.67. The number of nitrogens with zero attached hydrogens (tertiary/aromatic N) is 1. The molecule has 7 nitrogen and oxygen atoms in total. The number of anilines is 1. The molecule has 0 bridgehead atoms. The van der Waals surface area contributed by atoms with Crippen LogP contribution in [0, 0.1) is 13.8 Å². The van der Waals surface area contributed by atoms with Gasteiger partial charge in [0.1, 0.15) is 0 Å². The lowest BCUT2D eigenvalue weighted by Gasteiger charge is -2.26. The van der Waals surface area contributed by atoms with E-state index in [0.717, 1.165) is 4.31 Å². The highest BCUT2D eigenvalue weighted by Gasteiger charge is 2.34. The average molecular weight is 297 g/mol. The van der Waals surface area contributed by atoms with Crippen molar-refractivity contribution in [1.82, 2.24) is 9.62 Å². The van der Waals surface area contributed by atoms with Gasteiger partial charge in [0.2, 0.25) is 21.8 Å². The molecule has 20 heavy (non-hydrogen) atoms. The van der Waals surface area contributed by atoms with Crippen molar-refractivity contribution in [2.75, 3.05) is 18.8 Å². The van der Waals surface area contributed by atoms with Gasteiger partial charge in [0.15, 0.2) is 0 Å². The van der Waals surface area contributed by atoms with Crippen LogP contribution in [0.15, 0.2) is 17.0 Å². The zero-order valence-electron chi connectivity index (χ0n) is 11.1. The fraction of sp³-hybridized carbons (Fsp3) is 0.333. The van der Waals surface area contributed by atoms with Gasteiger partial charge in [-0.05, 0) is 31.0 Å². The van der Waals surface area contributed by atoms with Crippen molar-refractivity contribution >= 4 is 27.5 Å². The van der Waals surface area contributed by atoms with Gasteiger partial charge in [-0.2, -0.15) is 4.31 Å². The van der Waals surface area contributed by atoms with Gasteiger partial charge in [-0.15, -0.1) is 0 Å². The number of carbonyl (C=O) groups excluding carboxylic acids is 2. The lowest BCUT2D eigenvalue weighted by molar-refractivity contribution is -0.134. The van der Waals surface area contributed by atoms with Gasteiger partial charge in [0, 0.05) is 5.69 Å². The van der Waals surface area contributed by atoms with E-state index in [1.807, 2.05) is 0 Å². The number of nitrogen functional groups attached to an aromatic ring is 1. The molecule has 1 fully saturated rings. The molecular formula is C12H15N3O4S. The molecule has 1 heterocycles. The summed E-state index contributed by atoms with van der Waals surface area (Å²) in [5.41, 5.74) is 7.03. The maximum absolute atomic E-state index is 12.6. The number of piperazine rings is 1. The zero-order chi connectivity index (χ0) is 15.1. The Labute approximate surface area is 116 Å². The van der Waals surface area contributed by atoms with Crippen LogP contribution < -0.4 is 11.1 Å². The van der Waals surface area contributed by atoms with Crippen LogP contribution in [0.1, 0.15) is 11.1 Å². The highest BCUT2D eigenvalue weighted by molar-refractivity contribution is 7.89. The number of carbonyl (C=O) groups is 2.